The molecule has 1 aliphatic carbocycles. The molecule has 1 aliphatic rings. The van der Waals surface area contributed by atoms with E-state index in [1.807, 2.05) is 0 Å². The van der Waals surface area contributed by atoms with Gasteiger partial charge in [0.2, 0.25) is 5.89 Å². The second kappa shape index (κ2) is 5.39. The number of nitrogens with two attached hydrogens (primary N) is 1. The molecule has 1 aromatic heterocycles. The highest BCUT2D eigenvalue weighted by Crippen LogP contribution is 2.37. The minimum atomic E-state index is -0.124. The van der Waals surface area contributed by atoms with Crippen molar-refractivity contribution in [1.82, 2.24) is 10.1 Å². The van der Waals surface area contributed by atoms with Gasteiger partial charge in [-0.2, -0.15) is 4.98 Å². The maximum atomic E-state index is 6.25. The molecule has 0 amide bonds. The van der Waals surface area contributed by atoms with Gasteiger partial charge in [0.05, 0.1) is 5.41 Å². The highest BCUT2D eigenvalue weighted by molar-refractivity contribution is 5.10. The normalized spacial score (nSPS) is 28.8. The molecule has 102 valence electrons. The van der Waals surface area contributed by atoms with Crippen molar-refractivity contribution < 1.29 is 4.52 Å². The molecule has 18 heavy (non-hydrogen) atoms. The van der Waals surface area contributed by atoms with Gasteiger partial charge in [-0.3, -0.25) is 0 Å². The summed E-state index contributed by atoms with van der Waals surface area (Å²) in [6, 6.07) is 0.143. The van der Waals surface area contributed by atoms with Crippen LogP contribution < -0.4 is 5.73 Å². The summed E-state index contributed by atoms with van der Waals surface area (Å²) in [5.41, 5.74) is 6.13. The number of rotatable bonds is 4. The molecule has 2 unspecified atom stereocenters. The zero-order valence-corrected chi connectivity index (χ0v) is 11.8. The van der Waals surface area contributed by atoms with E-state index >= 15 is 0 Å². The van der Waals surface area contributed by atoms with Gasteiger partial charge in [-0.1, -0.05) is 31.8 Å². The number of hydrogen-bond donors (Lipinski definition) is 1. The molecule has 2 N–H and O–H groups in total. The Bertz CT molecular complexity index is 388. The summed E-state index contributed by atoms with van der Waals surface area (Å²) >= 11 is 0. The van der Waals surface area contributed by atoms with Gasteiger partial charge in [0.25, 0.3) is 0 Å². The van der Waals surface area contributed by atoms with Gasteiger partial charge in [0, 0.05) is 12.5 Å². The Balaban J connectivity index is 2.08. The summed E-state index contributed by atoms with van der Waals surface area (Å²) in [5.74, 6) is 2.24. The number of nitrogens with zero attached hydrogens (tertiary/aromatic N) is 2. The SMILES string of the molecule is CC(C)CCc1noc(C2(C)CCCCC2N)n1. The summed E-state index contributed by atoms with van der Waals surface area (Å²) in [7, 11) is 0. The number of hydrogen-bond acceptors (Lipinski definition) is 4. The summed E-state index contributed by atoms with van der Waals surface area (Å²) in [6.07, 6.45) is 6.52. The van der Waals surface area contributed by atoms with Crippen LogP contribution in [0, 0.1) is 5.92 Å². The van der Waals surface area contributed by atoms with E-state index in [-0.39, 0.29) is 11.5 Å². The third-order valence-electron chi connectivity index (χ3n) is 4.18. The predicted octanol–water partition coefficient (Wildman–Crippen LogP) is 2.82. The first kappa shape index (κ1) is 13.5. The van der Waals surface area contributed by atoms with Crippen molar-refractivity contribution in [3.8, 4) is 0 Å². The predicted molar refractivity (Wildman–Crippen MR) is 71.3 cm³/mol. The molecule has 0 radical (unpaired) electrons. The zero-order valence-electron chi connectivity index (χ0n) is 11.8. The molecule has 0 saturated heterocycles. The number of aromatic nitrogens is 2. The lowest BCUT2D eigenvalue weighted by Crippen LogP contribution is -2.45. The van der Waals surface area contributed by atoms with E-state index in [1.165, 1.54) is 12.8 Å². The fraction of sp³-hybridized carbons (Fsp3) is 0.857. The molecule has 0 bridgehead atoms. The highest BCUT2D eigenvalue weighted by atomic mass is 16.5. The molecule has 4 heteroatoms. The van der Waals surface area contributed by atoms with Crippen molar-refractivity contribution in [2.75, 3.05) is 0 Å². The maximum Gasteiger partial charge on any atom is 0.234 e. The van der Waals surface area contributed by atoms with E-state index in [9.17, 15) is 0 Å². The van der Waals surface area contributed by atoms with Crippen LogP contribution in [0.2, 0.25) is 0 Å². The molecule has 1 aromatic rings. The average Bonchev–Trinajstić information content (AvgIpc) is 2.80. The summed E-state index contributed by atoms with van der Waals surface area (Å²) in [4.78, 5) is 4.57. The molecule has 2 rings (SSSR count). The standard InChI is InChI=1S/C14H25N3O/c1-10(2)7-8-12-16-13(18-17-12)14(3)9-5-4-6-11(14)15/h10-11H,4-9,15H2,1-3H3. The van der Waals surface area contributed by atoms with Crippen LogP contribution in [0.1, 0.15) is 64.6 Å². The molecule has 0 aliphatic heterocycles. The van der Waals surface area contributed by atoms with Gasteiger partial charge >= 0.3 is 0 Å². The lowest BCUT2D eigenvalue weighted by Gasteiger charge is -2.35. The molecule has 0 aromatic carbocycles. The van der Waals surface area contributed by atoms with Crippen molar-refractivity contribution in [3.63, 3.8) is 0 Å². The van der Waals surface area contributed by atoms with Gasteiger partial charge in [-0.25, -0.2) is 0 Å². The Morgan fingerprint density at radius 3 is 2.89 bits per heavy atom. The summed E-state index contributed by atoms with van der Waals surface area (Å²) in [5, 5.41) is 4.10. The lowest BCUT2D eigenvalue weighted by molar-refractivity contribution is 0.203. The quantitative estimate of drug-likeness (QED) is 0.893. The highest BCUT2D eigenvalue weighted by Gasteiger charge is 2.40. The smallest absolute Gasteiger partial charge is 0.234 e. The first-order chi connectivity index (χ1) is 8.52. The van der Waals surface area contributed by atoms with E-state index in [1.54, 1.807) is 0 Å². The van der Waals surface area contributed by atoms with Gasteiger partial charge < -0.3 is 10.3 Å². The first-order valence-electron chi connectivity index (χ1n) is 7.11. The Labute approximate surface area is 109 Å². The minimum Gasteiger partial charge on any atom is -0.339 e. The van der Waals surface area contributed by atoms with Crippen molar-refractivity contribution in [1.29, 1.82) is 0 Å². The van der Waals surface area contributed by atoms with Crippen molar-refractivity contribution >= 4 is 0 Å². The molecule has 4 nitrogen and oxygen atoms in total. The molecule has 0 spiro atoms. The summed E-state index contributed by atoms with van der Waals surface area (Å²) < 4.78 is 5.47. The van der Waals surface area contributed by atoms with Crippen LogP contribution in [-0.4, -0.2) is 16.2 Å². The molecule has 1 saturated carbocycles. The minimum absolute atomic E-state index is 0.124. The van der Waals surface area contributed by atoms with E-state index < -0.39 is 0 Å². The Hall–Kier alpha value is -0.900. The fourth-order valence-corrected chi connectivity index (χ4v) is 2.63. The molecule has 1 heterocycles. The van der Waals surface area contributed by atoms with Crippen LogP contribution in [-0.2, 0) is 11.8 Å². The Morgan fingerprint density at radius 1 is 1.44 bits per heavy atom. The van der Waals surface area contributed by atoms with Gasteiger partial charge in [-0.15, -0.1) is 0 Å². The zero-order chi connectivity index (χ0) is 13.2. The van der Waals surface area contributed by atoms with Crippen LogP contribution in [0.15, 0.2) is 4.52 Å². The third kappa shape index (κ3) is 2.74. The van der Waals surface area contributed by atoms with Crippen LogP contribution in [0.5, 0.6) is 0 Å². The number of aryl methyl sites for hydroxylation is 1. The second-order valence-corrected chi connectivity index (χ2v) is 6.22. The maximum absolute atomic E-state index is 6.25. The van der Waals surface area contributed by atoms with Crippen LogP contribution in [0.25, 0.3) is 0 Å². The average molecular weight is 251 g/mol. The van der Waals surface area contributed by atoms with Crippen molar-refractivity contribution in [3.05, 3.63) is 11.7 Å². The summed E-state index contributed by atoms with van der Waals surface area (Å²) in [6.45, 7) is 6.58. The van der Waals surface area contributed by atoms with Crippen LogP contribution >= 0.6 is 0 Å². The molecular formula is C14H25N3O. The van der Waals surface area contributed by atoms with Gasteiger partial charge in [-0.05, 0) is 32.1 Å². The molecule has 1 fully saturated rings. The largest absolute Gasteiger partial charge is 0.339 e. The van der Waals surface area contributed by atoms with Gasteiger partial charge in [0.1, 0.15) is 0 Å². The van der Waals surface area contributed by atoms with E-state index in [0.717, 1.165) is 37.4 Å². The van der Waals surface area contributed by atoms with Crippen LogP contribution in [0.3, 0.4) is 0 Å². The first-order valence-corrected chi connectivity index (χ1v) is 7.11. The fourth-order valence-electron chi connectivity index (χ4n) is 2.63. The van der Waals surface area contributed by atoms with Crippen molar-refractivity contribution in [2.45, 2.75) is 70.8 Å². The van der Waals surface area contributed by atoms with E-state index in [0.29, 0.717) is 5.92 Å². The molecule has 2 atom stereocenters. The monoisotopic (exact) mass is 251 g/mol. The topological polar surface area (TPSA) is 64.9 Å². The van der Waals surface area contributed by atoms with E-state index in [4.69, 9.17) is 10.3 Å². The lowest BCUT2D eigenvalue weighted by atomic mass is 9.72. The third-order valence-corrected chi connectivity index (χ3v) is 4.18. The van der Waals surface area contributed by atoms with Crippen molar-refractivity contribution in [2.24, 2.45) is 11.7 Å². The Morgan fingerprint density at radius 2 is 2.22 bits per heavy atom. The molecular weight excluding hydrogens is 226 g/mol. The second-order valence-electron chi connectivity index (χ2n) is 6.22. The van der Waals surface area contributed by atoms with Crippen LogP contribution in [0.4, 0.5) is 0 Å². The Kier molecular flexibility index (Phi) is 4.05. The van der Waals surface area contributed by atoms with Gasteiger partial charge in [0.15, 0.2) is 5.82 Å². The van der Waals surface area contributed by atoms with E-state index in [2.05, 4.69) is 30.9 Å².